The van der Waals surface area contributed by atoms with Crippen molar-refractivity contribution in [2.24, 2.45) is 5.73 Å². The maximum Gasteiger partial charge on any atom is 0.129 e. The van der Waals surface area contributed by atoms with E-state index < -0.39 is 0 Å². The maximum atomic E-state index is 14.2. The van der Waals surface area contributed by atoms with Gasteiger partial charge in [0, 0.05) is 29.7 Å². The van der Waals surface area contributed by atoms with Crippen molar-refractivity contribution >= 4 is 22.9 Å². The average molecular weight is 325 g/mol. The molecule has 21 heavy (non-hydrogen) atoms. The third-order valence-corrected chi connectivity index (χ3v) is 4.87. The van der Waals surface area contributed by atoms with Gasteiger partial charge in [0.25, 0.3) is 0 Å². The lowest BCUT2D eigenvalue weighted by Gasteiger charge is -2.31. The van der Waals surface area contributed by atoms with Crippen LogP contribution >= 0.6 is 22.9 Å². The second-order valence-electron chi connectivity index (χ2n) is 5.45. The number of nitrogens with two attached hydrogens (primary N) is 1. The Bertz CT molecular complexity index is 598. The Morgan fingerprint density at radius 3 is 2.76 bits per heavy atom. The molecule has 0 spiro atoms. The molecule has 1 unspecified atom stereocenters. The largest absolute Gasteiger partial charge is 0.329 e. The summed E-state index contributed by atoms with van der Waals surface area (Å²) in [6, 6.07) is 7.39. The summed E-state index contributed by atoms with van der Waals surface area (Å²) >= 11 is 7.54. The summed E-state index contributed by atoms with van der Waals surface area (Å²) in [5.74, 6) is -0.270. The van der Waals surface area contributed by atoms with Gasteiger partial charge in [0.15, 0.2) is 0 Å². The number of nitrogens with zero attached hydrogens (tertiary/aromatic N) is 1. The fraction of sp³-hybridized carbons (Fsp3) is 0.375. The van der Waals surface area contributed by atoms with Crippen molar-refractivity contribution in [3.05, 3.63) is 57.0 Å². The molecule has 1 saturated carbocycles. The Morgan fingerprint density at radius 2 is 2.19 bits per heavy atom. The summed E-state index contributed by atoms with van der Waals surface area (Å²) < 4.78 is 14.2. The molecule has 112 valence electrons. The van der Waals surface area contributed by atoms with Gasteiger partial charge in [0.2, 0.25) is 0 Å². The first-order chi connectivity index (χ1) is 10.2. The predicted molar refractivity (Wildman–Crippen MR) is 86.1 cm³/mol. The monoisotopic (exact) mass is 324 g/mol. The number of halogens is 2. The van der Waals surface area contributed by atoms with Crippen molar-refractivity contribution in [3.8, 4) is 0 Å². The molecule has 1 aliphatic rings. The first-order valence-electron chi connectivity index (χ1n) is 7.11. The normalized spacial score (nSPS) is 16.4. The summed E-state index contributed by atoms with van der Waals surface area (Å²) in [7, 11) is 0. The number of hydrogen-bond acceptors (Lipinski definition) is 3. The van der Waals surface area contributed by atoms with Crippen LogP contribution in [0.15, 0.2) is 35.0 Å². The number of thiophene rings is 1. The predicted octanol–water partition coefficient (Wildman–Crippen LogP) is 4.21. The van der Waals surface area contributed by atoms with Gasteiger partial charge in [0.1, 0.15) is 5.82 Å². The van der Waals surface area contributed by atoms with Gasteiger partial charge >= 0.3 is 0 Å². The summed E-state index contributed by atoms with van der Waals surface area (Å²) in [6.45, 7) is 1.22. The Morgan fingerprint density at radius 1 is 1.38 bits per heavy atom. The molecule has 2 N–H and O–H groups in total. The van der Waals surface area contributed by atoms with Gasteiger partial charge in [-0.3, -0.25) is 4.90 Å². The lowest BCUT2D eigenvalue weighted by molar-refractivity contribution is 0.178. The van der Waals surface area contributed by atoms with Crippen LogP contribution in [0.5, 0.6) is 0 Å². The molecule has 0 amide bonds. The highest BCUT2D eigenvalue weighted by molar-refractivity contribution is 7.07. The van der Waals surface area contributed by atoms with E-state index >= 15 is 0 Å². The van der Waals surface area contributed by atoms with Gasteiger partial charge in [0.05, 0.1) is 6.04 Å². The molecule has 1 atom stereocenters. The third kappa shape index (κ3) is 3.46. The van der Waals surface area contributed by atoms with Gasteiger partial charge in [-0.15, -0.1) is 0 Å². The quantitative estimate of drug-likeness (QED) is 0.862. The van der Waals surface area contributed by atoms with E-state index in [1.165, 1.54) is 11.6 Å². The van der Waals surface area contributed by atoms with Crippen LogP contribution in [0.4, 0.5) is 4.39 Å². The van der Waals surface area contributed by atoms with Crippen molar-refractivity contribution in [2.45, 2.75) is 31.5 Å². The van der Waals surface area contributed by atoms with Crippen LogP contribution in [0.2, 0.25) is 5.02 Å². The minimum atomic E-state index is -0.270. The minimum Gasteiger partial charge on any atom is -0.329 e. The topological polar surface area (TPSA) is 29.3 Å². The van der Waals surface area contributed by atoms with E-state index in [0.29, 0.717) is 23.2 Å². The zero-order valence-corrected chi connectivity index (χ0v) is 13.2. The molecule has 1 aromatic carbocycles. The SMILES string of the molecule is NCC(c1ccc(Cl)cc1F)N(Cc1ccsc1)C1CC1. The smallest absolute Gasteiger partial charge is 0.129 e. The van der Waals surface area contributed by atoms with Crippen LogP contribution in [-0.4, -0.2) is 17.5 Å². The fourth-order valence-corrected chi connectivity index (χ4v) is 3.52. The highest BCUT2D eigenvalue weighted by atomic mass is 35.5. The Balaban J connectivity index is 1.88. The van der Waals surface area contributed by atoms with Crippen molar-refractivity contribution in [2.75, 3.05) is 6.54 Å². The number of hydrogen-bond donors (Lipinski definition) is 1. The molecule has 0 radical (unpaired) electrons. The number of benzene rings is 1. The average Bonchev–Trinajstić information content (AvgIpc) is 3.18. The molecule has 1 heterocycles. The van der Waals surface area contributed by atoms with E-state index in [0.717, 1.165) is 19.4 Å². The molecule has 3 rings (SSSR count). The van der Waals surface area contributed by atoms with E-state index in [-0.39, 0.29) is 11.9 Å². The maximum absolute atomic E-state index is 14.2. The fourth-order valence-electron chi connectivity index (χ4n) is 2.71. The summed E-state index contributed by atoms with van der Waals surface area (Å²) in [5, 5.41) is 4.63. The summed E-state index contributed by atoms with van der Waals surface area (Å²) in [4.78, 5) is 2.33. The van der Waals surface area contributed by atoms with Gasteiger partial charge in [-0.05, 0) is 47.4 Å². The highest BCUT2D eigenvalue weighted by Crippen LogP contribution is 2.36. The first kappa shape index (κ1) is 15.0. The first-order valence-corrected chi connectivity index (χ1v) is 8.43. The molecular formula is C16H18ClFN2S. The molecule has 5 heteroatoms. The lowest BCUT2D eigenvalue weighted by Crippen LogP contribution is -2.35. The second kappa shape index (κ2) is 6.44. The van der Waals surface area contributed by atoms with E-state index in [2.05, 4.69) is 21.7 Å². The van der Waals surface area contributed by atoms with E-state index in [1.807, 2.05) is 0 Å². The van der Waals surface area contributed by atoms with Gasteiger partial charge in [-0.2, -0.15) is 11.3 Å². The van der Waals surface area contributed by atoms with Gasteiger partial charge in [-0.1, -0.05) is 17.7 Å². The Hall–Kier alpha value is -0.940. The van der Waals surface area contributed by atoms with Crippen LogP contribution in [0.1, 0.15) is 30.0 Å². The molecule has 2 aromatic rings. The van der Waals surface area contributed by atoms with Crippen LogP contribution in [-0.2, 0) is 6.54 Å². The molecule has 0 aliphatic heterocycles. The Kier molecular flexibility index (Phi) is 4.60. The van der Waals surface area contributed by atoms with Crippen molar-refractivity contribution in [1.29, 1.82) is 0 Å². The molecule has 1 aromatic heterocycles. The van der Waals surface area contributed by atoms with Crippen molar-refractivity contribution < 1.29 is 4.39 Å². The van der Waals surface area contributed by atoms with Gasteiger partial charge in [-0.25, -0.2) is 4.39 Å². The molecule has 0 bridgehead atoms. The summed E-state index contributed by atoms with van der Waals surface area (Å²) in [6.07, 6.45) is 2.33. The molecule has 0 saturated heterocycles. The molecule has 1 fully saturated rings. The van der Waals surface area contributed by atoms with E-state index in [1.54, 1.807) is 23.5 Å². The van der Waals surface area contributed by atoms with Crippen molar-refractivity contribution in [3.63, 3.8) is 0 Å². The van der Waals surface area contributed by atoms with Crippen LogP contribution < -0.4 is 5.73 Å². The lowest BCUT2D eigenvalue weighted by atomic mass is 10.0. The summed E-state index contributed by atoms with van der Waals surface area (Å²) in [5.41, 5.74) is 7.87. The second-order valence-corrected chi connectivity index (χ2v) is 6.67. The Labute approximate surface area is 133 Å². The van der Waals surface area contributed by atoms with E-state index in [9.17, 15) is 4.39 Å². The van der Waals surface area contributed by atoms with Crippen LogP contribution in [0.3, 0.4) is 0 Å². The molecular weight excluding hydrogens is 307 g/mol. The van der Waals surface area contributed by atoms with E-state index in [4.69, 9.17) is 17.3 Å². The molecule has 1 aliphatic carbocycles. The zero-order chi connectivity index (χ0) is 14.8. The van der Waals surface area contributed by atoms with Crippen LogP contribution in [0.25, 0.3) is 0 Å². The highest BCUT2D eigenvalue weighted by Gasteiger charge is 2.35. The standard InChI is InChI=1S/C16H18ClFN2S/c17-12-1-4-14(15(18)7-12)16(8-19)20(13-2-3-13)9-11-5-6-21-10-11/h1,4-7,10,13,16H,2-3,8-9,19H2. The number of rotatable bonds is 6. The van der Waals surface area contributed by atoms with Gasteiger partial charge < -0.3 is 5.73 Å². The van der Waals surface area contributed by atoms with Crippen molar-refractivity contribution in [1.82, 2.24) is 4.90 Å². The zero-order valence-electron chi connectivity index (χ0n) is 11.6. The van der Waals surface area contributed by atoms with Crippen LogP contribution in [0, 0.1) is 5.82 Å². The third-order valence-electron chi connectivity index (χ3n) is 3.91. The minimum absolute atomic E-state index is 0.102. The molecule has 2 nitrogen and oxygen atoms in total.